The average molecular weight is 284 g/mol. The van der Waals surface area contributed by atoms with E-state index in [4.69, 9.17) is 19.3 Å². The van der Waals surface area contributed by atoms with Gasteiger partial charge in [-0.1, -0.05) is 23.3 Å². The molecule has 0 radical (unpaired) electrons. The van der Waals surface area contributed by atoms with Gasteiger partial charge in [-0.25, -0.2) is 0 Å². The summed E-state index contributed by atoms with van der Waals surface area (Å²) in [5.74, 6) is 0. The van der Waals surface area contributed by atoms with Crippen LogP contribution in [0.1, 0.15) is 33.6 Å². The first-order chi connectivity index (χ1) is 9.61. The van der Waals surface area contributed by atoms with Crippen LogP contribution in [0.5, 0.6) is 0 Å². The SMILES string of the molecule is C(OCC1CO1)C1CO1.CC(C)=CCC/C(C)=C/CO. The van der Waals surface area contributed by atoms with Gasteiger partial charge in [0.2, 0.25) is 0 Å². The number of ether oxygens (including phenoxy) is 3. The Morgan fingerprint density at radius 2 is 1.65 bits per heavy atom. The molecule has 2 unspecified atom stereocenters. The summed E-state index contributed by atoms with van der Waals surface area (Å²) in [6, 6.07) is 0. The Hall–Kier alpha value is -0.680. The lowest BCUT2D eigenvalue weighted by Gasteiger charge is -1.96. The smallest absolute Gasteiger partial charge is 0.104 e. The molecule has 0 aliphatic carbocycles. The minimum absolute atomic E-state index is 0.167. The van der Waals surface area contributed by atoms with Crippen molar-refractivity contribution in [1.29, 1.82) is 0 Å². The number of allylic oxidation sites excluding steroid dienone is 3. The predicted molar refractivity (Wildman–Crippen MR) is 79.8 cm³/mol. The fraction of sp³-hybridized carbons (Fsp3) is 0.750. The lowest BCUT2D eigenvalue weighted by molar-refractivity contribution is 0.102. The second-order valence-electron chi connectivity index (χ2n) is 5.50. The zero-order valence-corrected chi connectivity index (χ0v) is 12.9. The average Bonchev–Trinajstić information content (AvgIpc) is 3.24. The third-order valence-corrected chi connectivity index (χ3v) is 2.94. The Morgan fingerprint density at radius 3 is 2.05 bits per heavy atom. The Bertz CT molecular complexity index is 298. The molecule has 2 aliphatic rings. The first-order valence-corrected chi connectivity index (χ1v) is 7.32. The van der Waals surface area contributed by atoms with E-state index < -0.39 is 0 Å². The van der Waals surface area contributed by atoms with E-state index in [0.29, 0.717) is 12.2 Å². The second-order valence-corrected chi connectivity index (χ2v) is 5.50. The van der Waals surface area contributed by atoms with E-state index in [-0.39, 0.29) is 6.61 Å². The van der Waals surface area contributed by atoms with E-state index in [0.717, 1.165) is 39.3 Å². The molecule has 0 spiro atoms. The van der Waals surface area contributed by atoms with Crippen LogP contribution in [-0.4, -0.2) is 50.3 Å². The van der Waals surface area contributed by atoms with Crippen LogP contribution in [0.15, 0.2) is 23.3 Å². The molecule has 0 amide bonds. The highest BCUT2D eigenvalue weighted by atomic mass is 16.6. The molecule has 0 aromatic carbocycles. The summed E-state index contributed by atoms with van der Waals surface area (Å²) in [6.45, 7) is 9.68. The lowest BCUT2D eigenvalue weighted by Crippen LogP contribution is -2.06. The van der Waals surface area contributed by atoms with Crippen molar-refractivity contribution in [3.63, 3.8) is 0 Å². The number of hydrogen-bond acceptors (Lipinski definition) is 4. The van der Waals surface area contributed by atoms with Gasteiger partial charge in [0.15, 0.2) is 0 Å². The van der Waals surface area contributed by atoms with Crippen molar-refractivity contribution < 1.29 is 19.3 Å². The van der Waals surface area contributed by atoms with Gasteiger partial charge < -0.3 is 19.3 Å². The molecule has 2 fully saturated rings. The summed E-state index contributed by atoms with van der Waals surface area (Å²) in [7, 11) is 0. The van der Waals surface area contributed by atoms with Crippen LogP contribution in [0.3, 0.4) is 0 Å². The Morgan fingerprint density at radius 1 is 1.10 bits per heavy atom. The van der Waals surface area contributed by atoms with Crippen LogP contribution < -0.4 is 0 Å². The van der Waals surface area contributed by atoms with E-state index in [1.165, 1.54) is 11.1 Å². The van der Waals surface area contributed by atoms with Gasteiger partial charge in [0.25, 0.3) is 0 Å². The maximum Gasteiger partial charge on any atom is 0.104 e. The Kier molecular flexibility index (Phi) is 8.78. The van der Waals surface area contributed by atoms with Gasteiger partial charge in [-0.15, -0.1) is 0 Å². The molecule has 1 N–H and O–H groups in total. The molecule has 0 saturated carbocycles. The second kappa shape index (κ2) is 10.1. The van der Waals surface area contributed by atoms with Crippen molar-refractivity contribution in [1.82, 2.24) is 0 Å². The molecule has 2 saturated heterocycles. The zero-order valence-electron chi connectivity index (χ0n) is 12.9. The first-order valence-electron chi connectivity index (χ1n) is 7.32. The topological polar surface area (TPSA) is 54.5 Å². The van der Waals surface area contributed by atoms with Crippen molar-refractivity contribution in [3.05, 3.63) is 23.3 Å². The maximum absolute atomic E-state index is 8.55. The Balaban J connectivity index is 0.000000202. The molecular formula is C16H28O4. The molecule has 4 heteroatoms. The molecule has 2 atom stereocenters. The summed E-state index contributed by atoms with van der Waals surface area (Å²) in [5.41, 5.74) is 2.63. The van der Waals surface area contributed by atoms with Crippen molar-refractivity contribution in [2.24, 2.45) is 0 Å². The number of hydrogen-bond donors (Lipinski definition) is 1. The van der Waals surface area contributed by atoms with Gasteiger partial charge in [0.05, 0.1) is 33.0 Å². The van der Waals surface area contributed by atoms with Crippen LogP contribution in [-0.2, 0) is 14.2 Å². The standard InChI is InChI=1S/C10H18O.C6H10O3/c1-9(2)5-4-6-10(3)7-8-11;1(5-3-8-5)7-2-6-4-9-6/h5,7,11H,4,6,8H2,1-3H3;5-6H,1-4H2/b10-7+;. The van der Waals surface area contributed by atoms with Gasteiger partial charge >= 0.3 is 0 Å². The molecule has 0 bridgehead atoms. The highest BCUT2D eigenvalue weighted by Gasteiger charge is 2.26. The highest BCUT2D eigenvalue weighted by molar-refractivity contribution is 5.01. The highest BCUT2D eigenvalue weighted by Crippen LogP contribution is 2.12. The fourth-order valence-electron chi connectivity index (χ4n) is 1.51. The quantitative estimate of drug-likeness (QED) is 0.549. The number of epoxide rings is 2. The molecule has 0 aromatic heterocycles. The first kappa shape index (κ1) is 17.4. The van der Waals surface area contributed by atoms with Crippen LogP contribution in [0.2, 0.25) is 0 Å². The maximum atomic E-state index is 8.55. The van der Waals surface area contributed by atoms with Gasteiger partial charge in [0.1, 0.15) is 12.2 Å². The number of aliphatic hydroxyl groups is 1. The van der Waals surface area contributed by atoms with E-state index in [9.17, 15) is 0 Å². The normalized spacial score (nSPS) is 23.7. The van der Waals surface area contributed by atoms with E-state index >= 15 is 0 Å². The van der Waals surface area contributed by atoms with Crippen molar-refractivity contribution >= 4 is 0 Å². The lowest BCUT2D eigenvalue weighted by atomic mass is 10.1. The van der Waals surface area contributed by atoms with Gasteiger partial charge in [-0.05, 0) is 33.6 Å². The van der Waals surface area contributed by atoms with Crippen molar-refractivity contribution in [2.75, 3.05) is 33.0 Å². The molecular weight excluding hydrogens is 256 g/mol. The van der Waals surface area contributed by atoms with Gasteiger partial charge in [0, 0.05) is 0 Å². The molecule has 2 rings (SSSR count). The van der Waals surface area contributed by atoms with E-state index in [2.05, 4.69) is 26.8 Å². The fourth-order valence-corrected chi connectivity index (χ4v) is 1.51. The third kappa shape index (κ3) is 11.2. The zero-order chi connectivity index (χ0) is 14.8. The molecule has 2 aliphatic heterocycles. The summed E-state index contributed by atoms with van der Waals surface area (Å²) in [5, 5.41) is 8.55. The largest absolute Gasteiger partial charge is 0.392 e. The summed E-state index contributed by atoms with van der Waals surface area (Å²) >= 11 is 0. The summed E-state index contributed by atoms with van der Waals surface area (Å²) in [6.07, 6.45) is 7.01. The van der Waals surface area contributed by atoms with Crippen LogP contribution in [0, 0.1) is 0 Å². The van der Waals surface area contributed by atoms with Crippen LogP contribution in [0.25, 0.3) is 0 Å². The summed E-state index contributed by atoms with van der Waals surface area (Å²) < 4.78 is 15.1. The minimum atomic E-state index is 0.167. The van der Waals surface area contributed by atoms with Crippen molar-refractivity contribution in [2.45, 2.75) is 45.8 Å². The predicted octanol–water partition coefficient (Wildman–Crippen LogP) is 2.47. The molecule has 20 heavy (non-hydrogen) atoms. The van der Waals surface area contributed by atoms with Crippen LogP contribution in [0.4, 0.5) is 0 Å². The molecule has 2 heterocycles. The van der Waals surface area contributed by atoms with E-state index in [1.54, 1.807) is 0 Å². The van der Waals surface area contributed by atoms with Gasteiger partial charge in [-0.2, -0.15) is 0 Å². The third-order valence-electron chi connectivity index (χ3n) is 2.94. The molecule has 0 aromatic rings. The van der Waals surface area contributed by atoms with E-state index in [1.807, 2.05) is 6.08 Å². The minimum Gasteiger partial charge on any atom is -0.392 e. The summed E-state index contributed by atoms with van der Waals surface area (Å²) in [4.78, 5) is 0. The number of aliphatic hydroxyl groups excluding tert-OH is 1. The monoisotopic (exact) mass is 284 g/mol. The molecule has 4 nitrogen and oxygen atoms in total. The van der Waals surface area contributed by atoms with Crippen molar-refractivity contribution in [3.8, 4) is 0 Å². The Labute approximate surface area is 122 Å². The van der Waals surface area contributed by atoms with Gasteiger partial charge in [-0.3, -0.25) is 0 Å². The number of rotatable bonds is 8. The molecule has 116 valence electrons. The van der Waals surface area contributed by atoms with Crippen LogP contribution >= 0.6 is 0 Å².